The van der Waals surface area contributed by atoms with Crippen LogP contribution in [-0.4, -0.2) is 37.2 Å². The molecule has 0 amide bonds. The number of esters is 3. The fourth-order valence-electron chi connectivity index (χ4n) is 8.01. The summed E-state index contributed by atoms with van der Waals surface area (Å²) in [4.78, 5) is 38.2. The van der Waals surface area contributed by atoms with Crippen molar-refractivity contribution in [2.45, 2.75) is 271 Å². The lowest BCUT2D eigenvalue weighted by Crippen LogP contribution is -2.30. The van der Waals surface area contributed by atoms with Crippen LogP contribution in [0.25, 0.3) is 0 Å². The lowest BCUT2D eigenvalue weighted by molar-refractivity contribution is -0.167. The summed E-state index contributed by atoms with van der Waals surface area (Å²) in [6.07, 6.45) is 79.4. The Labute approximate surface area is 438 Å². The van der Waals surface area contributed by atoms with Crippen LogP contribution in [0.5, 0.6) is 0 Å². The van der Waals surface area contributed by atoms with Gasteiger partial charge in [0.1, 0.15) is 13.2 Å². The molecule has 0 aliphatic carbocycles. The van der Waals surface area contributed by atoms with Gasteiger partial charge in [0.05, 0.1) is 0 Å². The van der Waals surface area contributed by atoms with Crippen LogP contribution in [0.4, 0.5) is 0 Å². The Bertz CT molecular complexity index is 1460. The van der Waals surface area contributed by atoms with E-state index >= 15 is 0 Å². The zero-order valence-corrected chi connectivity index (χ0v) is 46.2. The molecule has 0 radical (unpaired) electrons. The predicted molar refractivity (Wildman–Crippen MR) is 307 cm³/mol. The second-order valence-electron chi connectivity index (χ2n) is 19.2. The Morgan fingerprint density at radius 1 is 0.310 bits per heavy atom. The molecule has 0 fully saturated rings. The smallest absolute Gasteiger partial charge is 0.306 e. The Hall–Kier alpha value is -3.93. The highest BCUT2D eigenvalue weighted by Gasteiger charge is 2.19. The van der Waals surface area contributed by atoms with Gasteiger partial charge >= 0.3 is 17.9 Å². The molecule has 404 valence electrons. The monoisotopic (exact) mass is 985 g/mol. The molecule has 0 rings (SSSR count). The average Bonchev–Trinajstić information content (AvgIpc) is 3.37. The molecule has 1 atom stereocenters. The third kappa shape index (κ3) is 56.9. The van der Waals surface area contributed by atoms with Gasteiger partial charge in [-0.3, -0.25) is 14.4 Å². The van der Waals surface area contributed by atoms with Crippen LogP contribution in [0.2, 0.25) is 0 Å². The minimum atomic E-state index is -0.803. The zero-order valence-electron chi connectivity index (χ0n) is 46.2. The topological polar surface area (TPSA) is 78.9 Å². The first-order chi connectivity index (χ1) is 35.0. The van der Waals surface area contributed by atoms with Crippen LogP contribution in [-0.2, 0) is 28.6 Å². The van der Waals surface area contributed by atoms with E-state index in [1.54, 1.807) is 0 Å². The molecule has 0 aliphatic rings. The number of ether oxygens (including phenoxy) is 3. The average molecular weight is 986 g/mol. The minimum absolute atomic E-state index is 0.101. The largest absolute Gasteiger partial charge is 0.462 e. The number of unbranched alkanes of at least 4 members (excludes halogenated alkanes) is 26. The highest BCUT2D eigenvalue weighted by molar-refractivity contribution is 5.71. The van der Waals surface area contributed by atoms with Crippen molar-refractivity contribution in [3.05, 3.63) is 109 Å². The van der Waals surface area contributed by atoms with E-state index in [9.17, 15) is 14.4 Å². The minimum Gasteiger partial charge on any atom is -0.462 e. The first-order valence-corrected chi connectivity index (χ1v) is 29.4. The molecule has 0 spiro atoms. The van der Waals surface area contributed by atoms with E-state index in [0.29, 0.717) is 19.3 Å². The van der Waals surface area contributed by atoms with Gasteiger partial charge in [0.15, 0.2) is 6.10 Å². The normalized spacial score (nSPS) is 12.9. The van der Waals surface area contributed by atoms with E-state index < -0.39 is 6.10 Å². The maximum atomic E-state index is 12.9. The fraction of sp³-hybridized carbons (Fsp3) is 0.677. The van der Waals surface area contributed by atoms with Crippen LogP contribution in [0.1, 0.15) is 265 Å². The summed E-state index contributed by atoms with van der Waals surface area (Å²) in [7, 11) is 0. The van der Waals surface area contributed by atoms with Gasteiger partial charge in [-0.1, -0.05) is 271 Å². The van der Waals surface area contributed by atoms with Crippen molar-refractivity contribution in [2.24, 2.45) is 0 Å². The SMILES string of the molecule is CC\C=C/C=C\C=C/C=C\CCCCCCCC(=O)OCC(COC(=O)CCCCC/C=C\C/C=C\C/C=C\C/C=C\C/C=C\CC)OC(=O)CCCCCCCCCCCCCCCCCCCCC. The van der Waals surface area contributed by atoms with Crippen molar-refractivity contribution >= 4 is 17.9 Å². The van der Waals surface area contributed by atoms with Gasteiger partial charge in [-0.05, 0) is 83.5 Å². The van der Waals surface area contributed by atoms with Crippen molar-refractivity contribution in [2.75, 3.05) is 13.2 Å². The molecule has 0 aliphatic heterocycles. The third-order valence-corrected chi connectivity index (χ3v) is 12.4. The van der Waals surface area contributed by atoms with Gasteiger partial charge in [-0.2, -0.15) is 0 Å². The molecule has 0 heterocycles. The second-order valence-corrected chi connectivity index (χ2v) is 19.2. The third-order valence-electron chi connectivity index (χ3n) is 12.4. The molecule has 6 nitrogen and oxygen atoms in total. The predicted octanol–water partition coefficient (Wildman–Crippen LogP) is 19.9. The summed E-state index contributed by atoms with van der Waals surface area (Å²) < 4.78 is 16.8. The summed E-state index contributed by atoms with van der Waals surface area (Å²) in [6, 6.07) is 0. The lowest BCUT2D eigenvalue weighted by atomic mass is 10.0. The van der Waals surface area contributed by atoms with E-state index in [1.165, 1.54) is 103 Å². The lowest BCUT2D eigenvalue weighted by Gasteiger charge is -2.18. The molecule has 0 saturated heterocycles. The summed E-state index contributed by atoms with van der Waals surface area (Å²) in [5, 5.41) is 0. The Balaban J connectivity index is 4.46. The summed E-state index contributed by atoms with van der Waals surface area (Å²) in [6.45, 7) is 6.36. The highest BCUT2D eigenvalue weighted by Crippen LogP contribution is 2.16. The van der Waals surface area contributed by atoms with Gasteiger partial charge in [-0.15, -0.1) is 0 Å². The molecule has 71 heavy (non-hydrogen) atoms. The maximum Gasteiger partial charge on any atom is 0.306 e. The van der Waals surface area contributed by atoms with E-state index in [4.69, 9.17) is 14.2 Å². The summed E-state index contributed by atoms with van der Waals surface area (Å²) in [5.41, 5.74) is 0. The van der Waals surface area contributed by atoms with Crippen LogP contribution < -0.4 is 0 Å². The van der Waals surface area contributed by atoms with Gasteiger partial charge in [0, 0.05) is 19.3 Å². The number of carbonyl (C=O) groups excluding carboxylic acids is 3. The Morgan fingerprint density at radius 2 is 0.620 bits per heavy atom. The number of carbonyl (C=O) groups is 3. The van der Waals surface area contributed by atoms with Gasteiger partial charge in [0.2, 0.25) is 0 Å². The molecule has 0 aromatic carbocycles. The van der Waals surface area contributed by atoms with Crippen molar-refractivity contribution < 1.29 is 28.6 Å². The molecule has 0 aromatic heterocycles. The van der Waals surface area contributed by atoms with Gasteiger partial charge in [0.25, 0.3) is 0 Å². The quantitative estimate of drug-likeness (QED) is 0.0199. The summed E-state index contributed by atoms with van der Waals surface area (Å²) in [5.74, 6) is -0.949. The zero-order chi connectivity index (χ0) is 51.4. The Kier molecular flexibility index (Phi) is 55.4. The van der Waals surface area contributed by atoms with Crippen LogP contribution in [0.15, 0.2) is 109 Å². The van der Waals surface area contributed by atoms with Crippen molar-refractivity contribution in [1.82, 2.24) is 0 Å². The van der Waals surface area contributed by atoms with Crippen LogP contribution >= 0.6 is 0 Å². The number of rotatable bonds is 52. The van der Waals surface area contributed by atoms with Crippen LogP contribution in [0, 0.1) is 0 Å². The number of allylic oxidation sites excluding steroid dienone is 18. The number of hydrogen-bond donors (Lipinski definition) is 0. The van der Waals surface area contributed by atoms with E-state index in [0.717, 1.165) is 122 Å². The van der Waals surface area contributed by atoms with Crippen molar-refractivity contribution in [3.8, 4) is 0 Å². The molecule has 0 aromatic rings. The molecule has 6 heteroatoms. The molecule has 0 N–H and O–H groups in total. The van der Waals surface area contributed by atoms with Gasteiger partial charge in [-0.25, -0.2) is 0 Å². The van der Waals surface area contributed by atoms with Crippen molar-refractivity contribution in [1.29, 1.82) is 0 Å². The standard InChI is InChI=1S/C65H108O6/c1-4-7-10-13-16-19-22-25-28-30-32-34-37-40-43-46-49-52-55-58-64(67)70-61-62(60-69-63(66)57-54-51-48-45-42-39-36-27-24-21-18-15-12-9-6-3)71-65(68)59-56-53-50-47-44-41-38-35-33-31-29-26-23-20-17-14-11-8-5-2/h7,9-10,12,15-16,18-19,21,24-25,27-28,32,34,36,40,43,62H,4-6,8,11,13-14,17,20,22-23,26,29-31,33,35,37-39,41-42,44-61H2,1-3H3/b10-7-,12-9-,18-15-,19-16-,24-21-,28-25-,34-32-,36-27-,43-40-. The first-order valence-electron chi connectivity index (χ1n) is 29.4. The molecule has 1 unspecified atom stereocenters. The summed E-state index contributed by atoms with van der Waals surface area (Å²) >= 11 is 0. The fourth-order valence-corrected chi connectivity index (χ4v) is 8.01. The maximum absolute atomic E-state index is 12.9. The first kappa shape index (κ1) is 67.1. The molecule has 0 bridgehead atoms. The van der Waals surface area contributed by atoms with Crippen LogP contribution in [0.3, 0.4) is 0 Å². The second kappa shape index (κ2) is 58.6. The van der Waals surface area contributed by atoms with Crippen molar-refractivity contribution in [3.63, 3.8) is 0 Å². The van der Waals surface area contributed by atoms with Gasteiger partial charge < -0.3 is 14.2 Å². The number of hydrogen-bond acceptors (Lipinski definition) is 6. The van der Waals surface area contributed by atoms with E-state index in [-0.39, 0.29) is 31.1 Å². The molecular formula is C65H108O6. The Morgan fingerprint density at radius 3 is 1.04 bits per heavy atom. The highest BCUT2D eigenvalue weighted by atomic mass is 16.6. The molecule has 0 saturated carbocycles. The van der Waals surface area contributed by atoms with E-state index in [2.05, 4.69) is 112 Å². The molecular weight excluding hydrogens is 877 g/mol. The van der Waals surface area contributed by atoms with E-state index in [1.807, 2.05) is 18.2 Å².